The maximum absolute atomic E-state index is 5.99. The Kier molecular flexibility index (Phi) is 26.6. The molecule has 0 aliphatic carbocycles. The van der Waals surface area contributed by atoms with Gasteiger partial charge in [0.2, 0.25) is 13.6 Å². The van der Waals surface area contributed by atoms with Crippen LogP contribution >= 0.6 is 95.7 Å². The van der Waals surface area contributed by atoms with E-state index in [-0.39, 0.29) is 6.79 Å². The second kappa shape index (κ2) is 35.3. The van der Waals surface area contributed by atoms with Crippen molar-refractivity contribution in [2.24, 2.45) is 5.73 Å². The maximum Gasteiger partial charge on any atom is 0.231 e. The number of hydrogen-bond acceptors (Lipinski definition) is 23. The van der Waals surface area contributed by atoms with Crippen molar-refractivity contribution in [1.82, 2.24) is 69.8 Å². The molecule has 12 heterocycles. The Hall–Kier alpha value is -6.57. The summed E-state index contributed by atoms with van der Waals surface area (Å²) in [6.07, 6.45) is 33.7. The van der Waals surface area contributed by atoms with Crippen LogP contribution in [0, 0.1) is 2.88 Å². The first-order chi connectivity index (χ1) is 44.1. The number of hydrogen-bond donors (Lipinski definition) is 2. The van der Waals surface area contributed by atoms with Crippen LogP contribution in [0.1, 0.15) is 70.4 Å². The normalized spacial score (nSPS) is 11.6. The van der Waals surface area contributed by atoms with Gasteiger partial charge in [-0.1, -0.05) is 35.3 Å². The molecule has 20 nitrogen and oxygen atoms in total. The third-order valence-corrected chi connectivity index (χ3v) is 34.7. The number of nitrogens with one attached hydrogen (secondary N) is 1. The average molecular weight is 1590 g/mol. The molecule has 464 valence electrons. The van der Waals surface area contributed by atoms with Crippen LogP contribution in [0.4, 0.5) is 5.82 Å². The number of fused-ring (bicyclic) bond motifs is 5. The smallest absolute Gasteiger partial charge is 0.231 e. The quantitative estimate of drug-likeness (QED) is 0.0518. The van der Waals surface area contributed by atoms with Gasteiger partial charge in [0.15, 0.2) is 23.0 Å². The zero-order valence-electron chi connectivity index (χ0n) is 49.3. The van der Waals surface area contributed by atoms with Crippen LogP contribution < -0.4 is 33.6 Å². The van der Waals surface area contributed by atoms with E-state index in [0.29, 0.717) is 30.2 Å². The zero-order valence-corrected chi connectivity index (χ0v) is 59.8. The first-order valence-corrected chi connectivity index (χ1v) is 41.2. The number of nitrogens with two attached hydrogens (primary N) is 1. The molecular formula is C62H62BrCl2IN16O4S3Sn. The summed E-state index contributed by atoms with van der Waals surface area (Å²) in [6, 6.07) is 17.6. The van der Waals surface area contributed by atoms with E-state index in [2.05, 4.69) is 147 Å². The molecule has 0 radical (unpaired) electrons. The number of rotatable bonds is 16. The fourth-order valence-electron chi connectivity index (χ4n) is 9.25. The van der Waals surface area contributed by atoms with Gasteiger partial charge in [-0.25, -0.2) is 59.8 Å². The van der Waals surface area contributed by atoms with Gasteiger partial charge in [0.25, 0.3) is 0 Å². The molecule has 14 rings (SSSR count). The van der Waals surface area contributed by atoms with Crippen molar-refractivity contribution in [3.63, 3.8) is 0 Å². The summed E-state index contributed by atoms with van der Waals surface area (Å²) < 4.78 is 32.1. The van der Waals surface area contributed by atoms with E-state index in [1.165, 1.54) is 86.4 Å². The molecule has 0 unspecified atom stereocenters. The Morgan fingerprint density at radius 1 is 0.511 bits per heavy atom. The van der Waals surface area contributed by atoms with E-state index in [0.717, 1.165) is 95.9 Å². The predicted octanol–water partition coefficient (Wildman–Crippen LogP) is 15.9. The average Bonchev–Trinajstić information content (AvgIpc) is 3.10. The first-order valence-electron chi connectivity index (χ1n) is 28.6. The summed E-state index contributed by atoms with van der Waals surface area (Å²) >= 11 is 19.8. The van der Waals surface area contributed by atoms with Crippen molar-refractivity contribution < 1.29 is 18.9 Å². The van der Waals surface area contributed by atoms with Gasteiger partial charge < -0.3 is 30.0 Å². The van der Waals surface area contributed by atoms with Crippen LogP contribution in [0.25, 0.3) is 51.5 Å². The fraction of sp³-hybridized carbons (Fsp3) is 0.258. The minimum atomic E-state index is -2.22. The minimum absolute atomic E-state index is 0.278. The molecule has 0 spiro atoms. The molecule has 90 heavy (non-hydrogen) atoms. The van der Waals surface area contributed by atoms with Crippen LogP contribution in [-0.2, 0) is 13.1 Å². The van der Waals surface area contributed by atoms with Crippen LogP contribution in [0.2, 0.25) is 23.6 Å². The number of thiophene rings is 3. The Balaban J connectivity index is 0.000000134. The fourth-order valence-corrected chi connectivity index (χ4v) is 29.1. The molecule has 0 saturated carbocycles. The number of aromatic nitrogens is 14. The van der Waals surface area contributed by atoms with Crippen molar-refractivity contribution >= 4 is 154 Å². The summed E-state index contributed by atoms with van der Waals surface area (Å²) in [5.74, 6) is 3.97. The van der Waals surface area contributed by atoms with Gasteiger partial charge in [0.1, 0.15) is 54.1 Å². The van der Waals surface area contributed by atoms with E-state index in [1.54, 1.807) is 87.4 Å². The molecule has 2 aliphatic rings. The Labute approximate surface area is 568 Å². The van der Waals surface area contributed by atoms with Gasteiger partial charge in [0, 0.05) is 71.2 Å². The molecule has 0 fully saturated rings. The zero-order chi connectivity index (χ0) is 62.9. The second-order valence-corrected chi connectivity index (χ2v) is 39.8. The molecular weight excluding hydrogens is 1530 g/mol. The van der Waals surface area contributed by atoms with Crippen molar-refractivity contribution in [2.45, 2.75) is 85.7 Å². The van der Waals surface area contributed by atoms with Gasteiger partial charge in [0.05, 0.1) is 38.0 Å². The third kappa shape index (κ3) is 19.2. The van der Waals surface area contributed by atoms with Gasteiger partial charge in [-0.15, -0.1) is 34.0 Å². The van der Waals surface area contributed by atoms with E-state index in [4.69, 9.17) is 47.9 Å². The largest absolute Gasteiger partial charge is 0.454 e. The summed E-state index contributed by atoms with van der Waals surface area (Å²) in [5.41, 5.74) is 12.2. The van der Waals surface area contributed by atoms with Crippen molar-refractivity contribution in [1.29, 1.82) is 0 Å². The van der Waals surface area contributed by atoms with Gasteiger partial charge in [-0.05, 0) is 92.1 Å². The van der Waals surface area contributed by atoms with Gasteiger partial charge in [-0.3, -0.25) is 0 Å². The standard InChI is InChI=1S/C18H13N5O2S.C10H5ClN4S.C8H9NO2.C6H2ClIN2S.C4H3BrN2.C4H3N2.3C4H9.Sn/c1-2-14-15(25-10-24-14)3-11(1)5-21-18-17-13(22-9-23-18)4-16(26-17)12-6-19-8-20-7-12;11-10-9-7(14-5-15-10)1-8(16-9)6-2-12-4-13-3-6;9-4-6-1-2-7-8(3-6)11-5-10-7;7-6-5-3(9-2-10-6)1-4(8)11-5;5-4-1-6-3-7-2-4;1-2-5-4-6-3-1;3*1-3-4-2;/h1-4,6-9H,5,10H2,(H,21,22,23);1-5H;1-3H,4-5,9H2;1-2H;1-3H;2-4H;3*1,3-4H2,2H3;. The first kappa shape index (κ1) is 67.8. The summed E-state index contributed by atoms with van der Waals surface area (Å²) in [6.45, 7) is 8.72. The van der Waals surface area contributed by atoms with Crippen LogP contribution in [-0.4, -0.2) is 102 Å². The molecule has 0 amide bonds. The second-order valence-electron chi connectivity index (χ2n) is 19.9. The van der Waals surface area contributed by atoms with E-state index < -0.39 is 18.4 Å². The number of ether oxygens (including phenoxy) is 4. The number of anilines is 1. The van der Waals surface area contributed by atoms with Crippen LogP contribution in [0.5, 0.6) is 23.0 Å². The van der Waals surface area contributed by atoms with Gasteiger partial charge in [-0.2, -0.15) is 0 Å². The van der Waals surface area contributed by atoms with Crippen molar-refractivity contribution in [2.75, 3.05) is 18.9 Å². The Bertz CT molecular complexity index is 4140. The molecule has 3 N–H and O–H groups in total. The Morgan fingerprint density at radius 2 is 0.944 bits per heavy atom. The van der Waals surface area contributed by atoms with Gasteiger partial charge >= 0.3 is 123 Å². The number of unbranched alkanes of at least 4 members (excludes halogenated alkanes) is 3. The van der Waals surface area contributed by atoms with E-state index in [1.807, 2.05) is 54.6 Å². The van der Waals surface area contributed by atoms with Crippen LogP contribution in [0.3, 0.4) is 0 Å². The number of benzene rings is 2. The SMILES string of the molecule is Brc1cncnc1.CCC[CH2][Sn]([CH2]CCC)([CH2]CCC)[c]1cncnc1.Clc1ncnc2cc(-c3cncnc3)sc12.Clc1ncnc2cc(I)sc12.NCc1ccc2c(c1)OCO2.c1ncc(-c2cc3ncnc(NCc4ccc5c(c4)OCO5)c3s2)cn1. The van der Waals surface area contributed by atoms with Crippen molar-refractivity contribution in [3.8, 4) is 43.9 Å². The molecule has 0 bridgehead atoms. The summed E-state index contributed by atoms with van der Waals surface area (Å²) in [4.78, 5) is 59.1. The molecule has 0 atom stereocenters. The number of halogens is 4. The minimum Gasteiger partial charge on any atom is -0.454 e. The summed E-state index contributed by atoms with van der Waals surface area (Å²) in [5, 5.41) is 4.42. The molecule has 12 aromatic rings. The molecule has 10 aromatic heterocycles. The molecule has 2 aromatic carbocycles. The maximum atomic E-state index is 5.99. The monoisotopic (exact) mass is 1590 g/mol. The Morgan fingerprint density at radius 3 is 1.42 bits per heavy atom. The summed E-state index contributed by atoms with van der Waals surface area (Å²) in [7, 11) is 0. The van der Waals surface area contributed by atoms with Crippen LogP contribution in [0.15, 0.2) is 153 Å². The third-order valence-electron chi connectivity index (χ3n) is 13.8. The van der Waals surface area contributed by atoms with Crippen molar-refractivity contribution in [3.05, 3.63) is 177 Å². The topological polar surface area (TPSA) is 255 Å². The molecule has 28 heteroatoms. The molecule has 2 aliphatic heterocycles. The predicted molar refractivity (Wildman–Crippen MR) is 374 cm³/mol. The number of nitrogens with zero attached hydrogens (tertiary/aromatic N) is 14. The van der Waals surface area contributed by atoms with E-state index >= 15 is 0 Å². The molecule has 0 saturated heterocycles. The van der Waals surface area contributed by atoms with E-state index in [9.17, 15) is 0 Å².